The number of rotatable bonds is 4. The highest BCUT2D eigenvalue weighted by Crippen LogP contribution is 2.40. The number of halogens is 1. The average Bonchev–Trinajstić information content (AvgIpc) is 3.20. The molecule has 1 amide bonds. The van der Waals surface area contributed by atoms with E-state index in [4.69, 9.17) is 4.98 Å². The minimum atomic E-state index is 0. The summed E-state index contributed by atoms with van der Waals surface area (Å²) in [6, 6.07) is 5.06. The van der Waals surface area contributed by atoms with Gasteiger partial charge in [0, 0.05) is 57.8 Å². The number of likely N-dealkylation sites (tertiary alicyclic amines) is 1. The Balaban J connectivity index is 0.00000204. The molecule has 9 heteroatoms. The Bertz CT molecular complexity index is 1140. The van der Waals surface area contributed by atoms with Gasteiger partial charge in [0.25, 0.3) is 5.91 Å². The number of H-pyrrole nitrogens is 1. The molecule has 5 heterocycles. The van der Waals surface area contributed by atoms with Crippen molar-refractivity contribution in [2.24, 2.45) is 0 Å². The summed E-state index contributed by atoms with van der Waals surface area (Å²) in [4.78, 5) is 21.5. The fraction of sp³-hybridized carbons (Fsp3) is 0.500. The molecule has 3 fully saturated rings. The van der Waals surface area contributed by atoms with Crippen molar-refractivity contribution in [3.05, 3.63) is 34.0 Å². The topological polar surface area (TPSA) is 85.9 Å². The number of nitrogens with zero attached hydrogens (tertiary/aromatic N) is 3. The normalized spacial score (nSPS) is 22.6. The summed E-state index contributed by atoms with van der Waals surface area (Å²) >= 11 is 1.72. The smallest absolute Gasteiger partial charge is 0.272 e. The van der Waals surface area contributed by atoms with Crippen LogP contribution in [0, 0.1) is 13.8 Å². The second-order valence-electron chi connectivity index (χ2n) is 8.99. The first kappa shape index (κ1) is 20.7. The number of hydrogen-bond donors (Lipinski definition) is 3. The monoisotopic (exact) mass is 458 g/mol. The molecule has 0 spiro atoms. The van der Waals surface area contributed by atoms with Gasteiger partial charge >= 0.3 is 0 Å². The molecule has 6 rings (SSSR count). The summed E-state index contributed by atoms with van der Waals surface area (Å²) in [5, 5.41) is 15.6. The van der Waals surface area contributed by atoms with E-state index in [9.17, 15) is 4.79 Å². The van der Waals surface area contributed by atoms with Crippen LogP contribution in [0.15, 0.2) is 12.1 Å². The fourth-order valence-corrected chi connectivity index (χ4v) is 5.89. The maximum Gasteiger partial charge on any atom is 0.272 e. The third-order valence-corrected chi connectivity index (χ3v) is 7.77. The predicted octanol–water partition coefficient (Wildman–Crippen LogP) is 4.26. The minimum absolute atomic E-state index is 0. The van der Waals surface area contributed by atoms with Crippen LogP contribution in [0.25, 0.3) is 10.1 Å². The molecule has 0 aromatic carbocycles. The molecule has 7 nitrogen and oxygen atoms in total. The number of amides is 1. The van der Waals surface area contributed by atoms with Gasteiger partial charge in [-0.1, -0.05) is 0 Å². The zero-order chi connectivity index (χ0) is 20.4. The Morgan fingerprint density at radius 2 is 1.90 bits per heavy atom. The number of aromatic nitrogens is 3. The van der Waals surface area contributed by atoms with Gasteiger partial charge in [-0.3, -0.25) is 9.89 Å². The lowest BCUT2D eigenvalue weighted by atomic mass is 10.1. The lowest BCUT2D eigenvalue weighted by Crippen LogP contribution is -2.53. The summed E-state index contributed by atoms with van der Waals surface area (Å²) in [5.74, 6) is 2.14. The van der Waals surface area contributed by atoms with E-state index in [1.807, 2.05) is 11.8 Å². The standard InChI is InChI=1S/C22H26N6OS.ClH/c1-11-7-16-20(30-11)12(2)19(22(29)28-9-14-5-6-15(10-28)23-14)25-21(16)24-18-8-17(26-27-18)13-3-4-13;/h7-8,13-15,23H,3-6,9-10H2,1-2H3,(H2,24,25,26,27);1H. The maximum absolute atomic E-state index is 13.5. The Morgan fingerprint density at radius 1 is 1.16 bits per heavy atom. The van der Waals surface area contributed by atoms with E-state index < -0.39 is 0 Å². The fourth-order valence-electron chi connectivity index (χ4n) is 4.87. The Morgan fingerprint density at radius 3 is 2.61 bits per heavy atom. The Labute approximate surface area is 191 Å². The summed E-state index contributed by atoms with van der Waals surface area (Å²) in [6.07, 6.45) is 4.76. The zero-order valence-corrected chi connectivity index (χ0v) is 19.3. The second-order valence-corrected chi connectivity index (χ2v) is 10.2. The molecule has 0 radical (unpaired) electrons. The van der Waals surface area contributed by atoms with Crippen molar-refractivity contribution in [1.29, 1.82) is 0 Å². The summed E-state index contributed by atoms with van der Waals surface area (Å²) in [7, 11) is 0. The molecule has 2 unspecified atom stereocenters. The largest absolute Gasteiger partial charge is 0.334 e. The molecular formula is C22H27ClN6OS. The van der Waals surface area contributed by atoms with Crippen LogP contribution < -0.4 is 10.6 Å². The van der Waals surface area contributed by atoms with Crippen molar-refractivity contribution in [2.45, 2.75) is 57.5 Å². The van der Waals surface area contributed by atoms with E-state index in [2.05, 4.69) is 39.9 Å². The highest BCUT2D eigenvalue weighted by atomic mass is 35.5. The Hall–Kier alpha value is -2.16. The third-order valence-electron chi connectivity index (χ3n) is 6.60. The van der Waals surface area contributed by atoms with Crippen LogP contribution in [-0.2, 0) is 0 Å². The molecule has 3 aromatic rings. The SMILES string of the molecule is Cc1cc2c(Nc3cc(C4CC4)[nH]n3)nc(C(=O)N3CC4CCC(C3)N4)c(C)c2s1.Cl. The van der Waals surface area contributed by atoms with Gasteiger partial charge in [0.1, 0.15) is 11.5 Å². The highest BCUT2D eigenvalue weighted by molar-refractivity contribution is 7.19. The molecule has 2 bridgehead atoms. The van der Waals surface area contributed by atoms with Gasteiger partial charge in [-0.15, -0.1) is 23.7 Å². The van der Waals surface area contributed by atoms with E-state index in [1.54, 1.807) is 11.3 Å². The lowest BCUT2D eigenvalue weighted by Gasteiger charge is -2.33. The molecule has 3 N–H and O–H groups in total. The van der Waals surface area contributed by atoms with Crippen molar-refractivity contribution in [1.82, 2.24) is 25.4 Å². The number of nitrogens with one attached hydrogen (secondary N) is 3. The van der Waals surface area contributed by atoms with Crippen molar-refractivity contribution in [2.75, 3.05) is 18.4 Å². The third kappa shape index (κ3) is 3.70. The van der Waals surface area contributed by atoms with Gasteiger partial charge in [0.2, 0.25) is 0 Å². The van der Waals surface area contributed by atoms with Gasteiger partial charge in [0.05, 0.1) is 0 Å². The number of aryl methyl sites for hydroxylation is 2. The first-order valence-electron chi connectivity index (χ1n) is 10.8. The van der Waals surface area contributed by atoms with E-state index in [1.165, 1.54) is 23.4 Å². The molecule has 2 aliphatic heterocycles. The van der Waals surface area contributed by atoms with Crippen molar-refractivity contribution in [3.8, 4) is 0 Å². The van der Waals surface area contributed by atoms with Crippen LogP contribution >= 0.6 is 23.7 Å². The summed E-state index contributed by atoms with van der Waals surface area (Å²) in [5.41, 5.74) is 2.71. The number of aromatic amines is 1. The van der Waals surface area contributed by atoms with E-state index in [0.29, 0.717) is 23.7 Å². The number of fused-ring (bicyclic) bond motifs is 3. The predicted molar refractivity (Wildman–Crippen MR) is 126 cm³/mol. The molecule has 31 heavy (non-hydrogen) atoms. The van der Waals surface area contributed by atoms with Crippen molar-refractivity contribution >= 4 is 51.4 Å². The number of pyridine rings is 1. The van der Waals surface area contributed by atoms with Gasteiger partial charge in [-0.2, -0.15) is 5.10 Å². The molecular weight excluding hydrogens is 432 g/mol. The molecule has 3 aliphatic rings. The van der Waals surface area contributed by atoms with Crippen LogP contribution in [-0.4, -0.2) is 51.2 Å². The maximum atomic E-state index is 13.5. The zero-order valence-electron chi connectivity index (χ0n) is 17.7. The first-order chi connectivity index (χ1) is 14.5. The average molecular weight is 459 g/mol. The molecule has 3 aromatic heterocycles. The van der Waals surface area contributed by atoms with Gasteiger partial charge in [-0.05, 0) is 51.2 Å². The molecule has 1 saturated carbocycles. The van der Waals surface area contributed by atoms with Crippen LogP contribution in [0.5, 0.6) is 0 Å². The van der Waals surface area contributed by atoms with E-state index in [-0.39, 0.29) is 18.3 Å². The number of thiophene rings is 1. The van der Waals surface area contributed by atoms with Crippen LogP contribution in [0.1, 0.15) is 58.2 Å². The summed E-state index contributed by atoms with van der Waals surface area (Å²) in [6.45, 7) is 5.66. The number of carbonyl (C=O) groups excluding carboxylic acids is 1. The van der Waals surface area contributed by atoms with Crippen LogP contribution in [0.4, 0.5) is 11.6 Å². The quantitative estimate of drug-likeness (QED) is 0.544. The second kappa shape index (κ2) is 7.76. The van der Waals surface area contributed by atoms with Crippen LogP contribution in [0.3, 0.4) is 0 Å². The number of carbonyl (C=O) groups is 1. The molecule has 2 saturated heterocycles. The molecule has 1 aliphatic carbocycles. The Kier molecular flexibility index (Phi) is 5.19. The van der Waals surface area contributed by atoms with Crippen molar-refractivity contribution < 1.29 is 4.79 Å². The van der Waals surface area contributed by atoms with Gasteiger partial charge in [-0.25, -0.2) is 4.98 Å². The number of piperazine rings is 1. The summed E-state index contributed by atoms with van der Waals surface area (Å²) < 4.78 is 1.13. The molecule has 2 atom stereocenters. The number of anilines is 2. The minimum Gasteiger partial charge on any atom is -0.334 e. The van der Waals surface area contributed by atoms with Crippen LogP contribution in [0.2, 0.25) is 0 Å². The van der Waals surface area contributed by atoms with E-state index in [0.717, 1.165) is 53.2 Å². The van der Waals surface area contributed by atoms with Gasteiger partial charge < -0.3 is 15.5 Å². The molecule has 164 valence electrons. The van der Waals surface area contributed by atoms with Crippen molar-refractivity contribution in [3.63, 3.8) is 0 Å². The van der Waals surface area contributed by atoms with Gasteiger partial charge in [0.15, 0.2) is 5.82 Å². The highest BCUT2D eigenvalue weighted by Gasteiger charge is 2.35. The first-order valence-corrected chi connectivity index (χ1v) is 11.6. The van der Waals surface area contributed by atoms with E-state index >= 15 is 0 Å². The number of hydrogen-bond acceptors (Lipinski definition) is 6. The lowest BCUT2D eigenvalue weighted by molar-refractivity contribution is 0.0691.